The van der Waals surface area contributed by atoms with Crippen molar-refractivity contribution in [2.45, 2.75) is 19.0 Å². The summed E-state index contributed by atoms with van der Waals surface area (Å²) in [5.41, 5.74) is 1.30. The molecule has 2 heterocycles. The second-order valence-corrected chi connectivity index (χ2v) is 7.25. The highest BCUT2D eigenvalue weighted by Crippen LogP contribution is 2.16. The van der Waals surface area contributed by atoms with E-state index >= 15 is 0 Å². The van der Waals surface area contributed by atoms with Gasteiger partial charge in [0.2, 0.25) is 5.91 Å². The molecule has 2 atom stereocenters. The number of halogens is 3. The molecule has 0 bridgehead atoms. The Kier molecular flexibility index (Phi) is 12.7. The molecule has 2 N–H and O–H groups in total. The standard InChI is InChI=1S/C17H26N4OS.3ClH/c1-14(11-18-17(22)16-12-23-13-19-16)20-7-9-21(10-8-20)15-5-3-2-4-6-15;;;/h2-6,14,16,19H,7-13H2,1H3,(H,18,22);3*1H. The molecule has 1 aromatic carbocycles. The van der Waals surface area contributed by atoms with Crippen LogP contribution in [0.2, 0.25) is 0 Å². The first-order valence-electron chi connectivity index (χ1n) is 8.37. The summed E-state index contributed by atoms with van der Waals surface area (Å²) in [6.45, 7) is 7.11. The minimum Gasteiger partial charge on any atom is -0.369 e. The molecule has 0 aliphatic carbocycles. The zero-order valence-electron chi connectivity index (χ0n) is 14.9. The van der Waals surface area contributed by atoms with Crippen molar-refractivity contribution in [2.75, 3.05) is 49.3 Å². The van der Waals surface area contributed by atoms with Crippen LogP contribution in [0.1, 0.15) is 6.92 Å². The van der Waals surface area contributed by atoms with Crippen LogP contribution in [-0.2, 0) is 4.79 Å². The molecule has 2 aliphatic heterocycles. The van der Waals surface area contributed by atoms with Gasteiger partial charge in [-0.1, -0.05) is 18.2 Å². The van der Waals surface area contributed by atoms with E-state index in [9.17, 15) is 4.79 Å². The lowest BCUT2D eigenvalue weighted by Crippen LogP contribution is -2.53. The predicted molar refractivity (Wildman–Crippen MR) is 119 cm³/mol. The van der Waals surface area contributed by atoms with E-state index in [1.165, 1.54) is 5.69 Å². The summed E-state index contributed by atoms with van der Waals surface area (Å²) in [6, 6.07) is 11.0. The molecule has 1 amide bonds. The molecule has 2 unspecified atom stereocenters. The number of carbonyl (C=O) groups excluding carboxylic acids is 1. The molecule has 9 heteroatoms. The summed E-state index contributed by atoms with van der Waals surface area (Å²) in [6.07, 6.45) is 0. The number of thioether (sulfide) groups is 1. The highest BCUT2D eigenvalue weighted by atomic mass is 35.5. The number of nitrogens with zero attached hydrogens (tertiary/aromatic N) is 2. The highest BCUT2D eigenvalue weighted by molar-refractivity contribution is 7.99. The molecular weight excluding hydrogens is 415 g/mol. The van der Waals surface area contributed by atoms with Gasteiger partial charge in [0.25, 0.3) is 0 Å². The monoisotopic (exact) mass is 442 g/mol. The van der Waals surface area contributed by atoms with Crippen LogP contribution >= 0.6 is 49.0 Å². The van der Waals surface area contributed by atoms with Crippen molar-refractivity contribution in [3.63, 3.8) is 0 Å². The third-order valence-electron chi connectivity index (χ3n) is 4.66. The Balaban J connectivity index is 0.00000208. The normalized spacial score (nSPS) is 21.0. The van der Waals surface area contributed by atoms with Crippen molar-refractivity contribution in [3.8, 4) is 0 Å². The molecular formula is C17H29Cl3N4OS. The first-order valence-corrected chi connectivity index (χ1v) is 9.52. The molecule has 2 fully saturated rings. The maximum Gasteiger partial charge on any atom is 0.238 e. The van der Waals surface area contributed by atoms with Crippen LogP contribution in [0, 0.1) is 0 Å². The lowest BCUT2D eigenvalue weighted by molar-refractivity contribution is -0.122. The maximum absolute atomic E-state index is 12.1. The number of hydrogen-bond donors (Lipinski definition) is 2. The summed E-state index contributed by atoms with van der Waals surface area (Å²) in [5.74, 6) is 1.91. The molecule has 0 spiro atoms. The largest absolute Gasteiger partial charge is 0.369 e. The predicted octanol–water partition coefficient (Wildman–Crippen LogP) is 2.24. The van der Waals surface area contributed by atoms with Gasteiger partial charge >= 0.3 is 0 Å². The number of amides is 1. The zero-order chi connectivity index (χ0) is 16.1. The quantitative estimate of drug-likeness (QED) is 0.731. The van der Waals surface area contributed by atoms with Crippen LogP contribution in [0.25, 0.3) is 0 Å². The summed E-state index contributed by atoms with van der Waals surface area (Å²) >= 11 is 1.78. The Morgan fingerprint density at radius 1 is 1.19 bits per heavy atom. The molecule has 0 saturated carbocycles. The van der Waals surface area contributed by atoms with E-state index in [1.54, 1.807) is 11.8 Å². The van der Waals surface area contributed by atoms with Gasteiger partial charge in [-0.2, -0.15) is 0 Å². The molecule has 1 aromatic rings. The van der Waals surface area contributed by atoms with Crippen LogP contribution in [0.4, 0.5) is 5.69 Å². The Morgan fingerprint density at radius 2 is 1.85 bits per heavy atom. The second-order valence-electron chi connectivity index (χ2n) is 6.22. The van der Waals surface area contributed by atoms with E-state index < -0.39 is 0 Å². The SMILES string of the molecule is CC(CNC(=O)C1CSCN1)N1CCN(c2ccccc2)CC1.Cl.Cl.Cl. The van der Waals surface area contributed by atoms with Crippen molar-refractivity contribution >= 4 is 60.6 Å². The van der Waals surface area contributed by atoms with Crippen LogP contribution in [0.3, 0.4) is 0 Å². The number of anilines is 1. The van der Waals surface area contributed by atoms with Gasteiger partial charge < -0.3 is 10.2 Å². The Labute approximate surface area is 179 Å². The number of rotatable bonds is 5. The third-order valence-corrected chi connectivity index (χ3v) is 5.60. The van der Waals surface area contributed by atoms with Crippen LogP contribution < -0.4 is 15.5 Å². The molecule has 26 heavy (non-hydrogen) atoms. The molecule has 0 radical (unpaired) electrons. The molecule has 2 saturated heterocycles. The van der Waals surface area contributed by atoms with Gasteiger partial charge in [-0.3, -0.25) is 15.0 Å². The fourth-order valence-electron chi connectivity index (χ4n) is 3.12. The summed E-state index contributed by atoms with van der Waals surface area (Å²) in [7, 11) is 0. The van der Waals surface area contributed by atoms with E-state index in [2.05, 4.69) is 57.7 Å². The van der Waals surface area contributed by atoms with Gasteiger partial charge in [-0.15, -0.1) is 49.0 Å². The van der Waals surface area contributed by atoms with Crippen molar-refractivity contribution in [2.24, 2.45) is 0 Å². The number of carbonyl (C=O) groups is 1. The van der Waals surface area contributed by atoms with Crippen molar-refractivity contribution in [3.05, 3.63) is 30.3 Å². The first-order chi connectivity index (χ1) is 11.2. The number of para-hydroxylation sites is 1. The molecule has 5 nitrogen and oxygen atoms in total. The van der Waals surface area contributed by atoms with Gasteiger partial charge in [0.1, 0.15) is 0 Å². The highest BCUT2D eigenvalue weighted by Gasteiger charge is 2.25. The topological polar surface area (TPSA) is 47.6 Å². The van der Waals surface area contributed by atoms with Crippen LogP contribution in [-0.4, -0.2) is 67.2 Å². The van der Waals surface area contributed by atoms with Gasteiger partial charge in [0, 0.05) is 56.1 Å². The van der Waals surface area contributed by atoms with Crippen LogP contribution in [0.15, 0.2) is 30.3 Å². The van der Waals surface area contributed by atoms with Crippen molar-refractivity contribution < 1.29 is 4.79 Å². The smallest absolute Gasteiger partial charge is 0.238 e. The number of piperazine rings is 1. The molecule has 2 aliphatic rings. The van der Waals surface area contributed by atoms with Crippen LogP contribution in [0.5, 0.6) is 0 Å². The van der Waals surface area contributed by atoms with E-state index in [-0.39, 0.29) is 49.2 Å². The fraction of sp³-hybridized carbons (Fsp3) is 0.588. The molecule has 3 rings (SSSR count). The first kappa shape index (κ1) is 25.6. The summed E-state index contributed by atoms with van der Waals surface area (Å²) < 4.78 is 0. The lowest BCUT2D eigenvalue weighted by atomic mass is 10.2. The van der Waals surface area contributed by atoms with E-state index in [0.717, 1.165) is 44.4 Å². The average Bonchev–Trinajstić information content (AvgIpc) is 3.15. The second kappa shape index (κ2) is 12.9. The van der Waals surface area contributed by atoms with E-state index in [0.29, 0.717) is 6.04 Å². The van der Waals surface area contributed by atoms with Crippen molar-refractivity contribution in [1.29, 1.82) is 0 Å². The average molecular weight is 444 g/mol. The molecule has 0 aromatic heterocycles. The van der Waals surface area contributed by atoms with Gasteiger partial charge in [0.15, 0.2) is 0 Å². The third kappa shape index (κ3) is 6.98. The minimum atomic E-state index is -0.0119. The number of benzene rings is 1. The van der Waals surface area contributed by atoms with E-state index in [4.69, 9.17) is 0 Å². The Hall–Kier alpha value is -0.370. The zero-order valence-corrected chi connectivity index (χ0v) is 18.2. The van der Waals surface area contributed by atoms with E-state index in [1.807, 2.05) is 0 Å². The van der Waals surface area contributed by atoms with Crippen molar-refractivity contribution in [1.82, 2.24) is 15.5 Å². The summed E-state index contributed by atoms with van der Waals surface area (Å²) in [5, 5.41) is 6.31. The number of hydrogen-bond acceptors (Lipinski definition) is 5. The fourth-order valence-corrected chi connectivity index (χ4v) is 4.07. The lowest BCUT2D eigenvalue weighted by Gasteiger charge is -2.39. The maximum atomic E-state index is 12.1. The van der Waals surface area contributed by atoms with Gasteiger partial charge in [-0.05, 0) is 19.1 Å². The Bertz CT molecular complexity index is 512. The molecule has 150 valence electrons. The summed E-state index contributed by atoms with van der Waals surface area (Å²) in [4.78, 5) is 17.0. The van der Waals surface area contributed by atoms with Gasteiger partial charge in [-0.25, -0.2) is 0 Å². The number of nitrogens with one attached hydrogen (secondary N) is 2. The minimum absolute atomic E-state index is 0. The van der Waals surface area contributed by atoms with Gasteiger partial charge in [0.05, 0.1) is 6.04 Å². The Morgan fingerprint density at radius 3 is 2.42 bits per heavy atom.